The molecule has 7 heteroatoms. The lowest BCUT2D eigenvalue weighted by Gasteiger charge is -2.32. The van der Waals surface area contributed by atoms with Gasteiger partial charge in [0.15, 0.2) is 0 Å². The van der Waals surface area contributed by atoms with Gasteiger partial charge in [-0.3, -0.25) is 14.5 Å². The fraction of sp³-hybridized carbons (Fsp3) is 0.417. The number of imide groups is 1. The Kier molecular flexibility index (Phi) is 3.66. The monoisotopic (exact) mass is 265 g/mol. The maximum atomic E-state index is 11.9. The molecule has 7 nitrogen and oxygen atoms in total. The van der Waals surface area contributed by atoms with E-state index in [1.807, 2.05) is 0 Å². The molecular weight excluding hydrogens is 250 g/mol. The van der Waals surface area contributed by atoms with Crippen molar-refractivity contribution in [2.45, 2.75) is 31.3 Å². The number of carbonyl (C=O) groups is 3. The zero-order valence-corrected chi connectivity index (χ0v) is 10.2. The highest BCUT2D eigenvalue weighted by Gasteiger charge is 2.40. The molecule has 0 aromatic carbocycles. The van der Waals surface area contributed by atoms with Crippen LogP contribution in [0.2, 0.25) is 0 Å². The molecule has 0 bridgehead atoms. The number of carboxylic acid groups (broad SMARTS) is 1. The molecule has 102 valence electrons. The summed E-state index contributed by atoms with van der Waals surface area (Å²) in [5.74, 6) is -2.30. The molecule has 0 spiro atoms. The number of nitrogens with one attached hydrogen (secondary N) is 1. The maximum Gasteiger partial charge on any atom is 0.327 e. The van der Waals surface area contributed by atoms with Crippen molar-refractivity contribution in [2.24, 2.45) is 5.73 Å². The summed E-state index contributed by atoms with van der Waals surface area (Å²) in [5, 5.41) is 9.25. The van der Waals surface area contributed by atoms with Crippen LogP contribution in [0.4, 0.5) is 0 Å². The van der Waals surface area contributed by atoms with Crippen molar-refractivity contribution in [2.75, 3.05) is 0 Å². The van der Waals surface area contributed by atoms with Crippen LogP contribution in [0.5, 0.6) is 0 Å². The van der Waals surface area contributed by atoms with E-state index >= 15 is 0 Å². The molecule has 2 rings (SSSR count). The standard InChI is InChI=1S/C12H15N3O4/c13-8-1-2-10(16)15(11(8)17)9(12(18)19)5-7-3-4-14-6-7/h3-4,6,8-9,14H,1-2,5,13H2,(H,18,19). The number of carbonyl (C=O) groups excluding carboxylic acids is 2. The third-order valence-corrected chi connectivity index (χ3v) is 3.18. The Balaban J connectivity index is 2.24. The van der Waals surface area contributed by atoms with E-state index in [0.29, 0.717) is 5.56 Å². The molecular formula is C12H15N3O4. The zero-order chi connectivity index (χ0) is 14.0. The third-order valence-electron chi connectivity index (χ3n) is 3.18. The highest BCUT2D eigenvalue weighted by atomic mass is 16.4. The van der Waals surface area contributed by atoms with E-state index in [-0.39, 0.29) is 19.3 Å². The van der Waals surface area contributed by atoms with Crippen molar-refractivity contribution < 1.29 is 19.5 Å². The Morgan fingerprint density at radius 1 is 1.58 bits per heavy atom. The van der Waals surface area contributed by atoms with Gasteiger partial charge < -0.3 is 15.8 Å². The van der Waals surface area contributed by atoms with Gasteiger partial charge in [-0.1, -0.05) is 0 Å². The van der Waals surface area contributed by atoms with Crippen LogP contribution in [0.3, 0.4) is 0 Å². The number of nitrogens with zero attached hydrogens (tertiary/aromatic N) is 1. The van der Waals surface area contributed by atoms with E-state index in [1.54, 1.807) is 18.5 Å². The molecule has 1 fully saturated rings. The smallest absolute Gasteiger partial charge is 0.327 e. The summed E-state index contributed by atoms with van der Waals surface area (Å²) in [6.45, 7) is 0. The number of aromatic nitrogens is 1. The van der Waals surface area contributed by atoms with Crippen LogP contribution >= 0.6 is 0 Å². The molecule has 0 radical (unpaired) electrons. The number of carboxylic acids is 1. The minimum absolute atomic E-state index is 0.0725. The molecule has 2 unspecified atom stereocenters. The number of nitrogens with two attached hydrogens (primary N) is 1. The second-order valence-corrected chi connectivity index (χ2v) is 4.52. The summed E-state index contributed by atoms with van der Waals surface area (Å²) < 4.78 is 0. The van der Waals surface area contributed by atoms with E-state index in [4.69, 9.17) is 5.73 Å². The fourth-order valence-corrected chi connectivity index (χ4v) is 2.15. The predicted molar refractivity (Wildman–Crippen MR) is 65.0 cm³/mol. The molecule has 1 aliphatic heterocycles. The lowest BCUT2D eigenvalue weighted by Crippen LogP contribution is -2.58. The van der Waals surface area contributed by atoms with Gasteiger partial charge in [-0.2, -0.15) is 0 Å². The first-order valence-corrected chi connectivity index (χ1v) is 5.96. The Bertz CT molecular complexity index is 497. The van der Waals surface area contributed by atoms with Gasteiger partial charge in [0.2, 0.25) is 11.8 Å². The summed E-state index contributed by atoms with van der Waals surface area (Å²) in [4.78, 5) is 38.6. The second-order valence-electron chi connectivity index (χ2n) is 4.52. The maximum absolute atomic E-state index is 11.9. The van der Waals surface area contributed by atoms with Crippen molar-refractivity contribution >= 4 is 17.8 Å². The summed E-state index contributed by atoms with van der Waals surface area (Å²) in [6, 6.07) is -0.303. The van der Waals surface area contributed by atoms with Gasteiger partial charge in [0.25, 0.3) is 0 Å². The number of hydrogen-bond donors (Lipinski definition) is 3. The third kappa shape index (κ3) is 2.65. The number of rotatable bonds is 4. The molecule has 19 heavy (non-hydrogen) atoms. The van der Waals surface area contributed by atoms with Crippen molar-refractivity contribution in [1.82, 2.24) is 9.88 Å². The number of likely N-dealkylation sites (tertiary alicyclic amines) is 1. The minimum atomic E-state index is -1.21. The quantitative estimate of drug-likeness (QED) is 0.634. The van der Waals surface area contributed by atoms with Crippen molar-refractivity contribution in [1.29, 1.82) is 0 Å². The van der Waals surface area contributed by atoms with E-state index in [9.17, 15) is 19.5 Å². The number of hydrogen-bond acceptors (Lipinski definition) is 4. The largest absolute Gasteiger partial charge is 0.480 e. The van der Waals surface area contributed by atoms with E-state index in [0.717, 1.165) is 4.90 Å². The Morgan fingerprint density at radius 2 is 2.32 bits per heavy atom. The molecule has 2 atom stereocenters. The molecule has 0 saturated carbocycles. The van der Waals surface area contributed by atoms with Gasteiger partial charge in [0, 0.05) is 25.2 Å². The molecule has 1 aromatic heterocycles. The molecule has 1 aliphatic rings. The van der Waals surface area contributed by atoms with Crippen LogP contribution in [0.1, 0.15) is 18.4 Å². The summed E-state index contributed by atoms with van der Waals surface area (Å²) in [5.41, 5.74) is 6.31. The van der Waals surface area contributed by atoms with Crippen LogP contribution in [0, 0.1) is 0 Å². The Hall–Kier alpha value is -2.15. The first-order valence-electron chi connectivity index (χ1n) is 5.96. The number of amides is 2. The van der Waals surface area contributed by atoms with E-state index < -0.39 is 29.9 Å². The highest BCUT2D eigenvalue weighted by molar-refractivity contribution is 6.03. The van der Waals surface area contributed by atoms with Crippen LogP contribution in [0.15, 0.2) is 18.5 Å². The lowest BCUT2D eigenvalue weighted by atomic mass is 9.99. The average Bonchev–Trinajstić information content (AvgIpc) is 2.86. The minimum Gasteiger partial charge on any atom is -0.480 e. The summed E-state index contributed by atoms with van der Waals surface area (Å²) >= 11 is 0. The van der Waals surface area contributed by atoms with Crippen molar-refractivity contribution in [3.05, 3.63) is 24.0 Å². The molecule has 0 aliphatic carbocycles. The first kappa shape index (κ1) is 13.3. The molecule has 4 N–H and O–H groups in total. The van der Waals surface area contributed by atoms with E-state index in [1.165, 1.54) is 0 Å². The average molecular weight is 265 g/mol. The van der Waals surface area contributed by atoms with Gasteiger partial charge >= 0.3 is 5.97 Å². The van der Waals surface area contributed by atoms with Gasteiger partial charge in [-0.15, -0.1) is 0 Å². The summed E-state index contributed by atoms with van der Waals surface area (Å²) in [7, 11) is 0. The zero-order valence-electron chi connectivity index (χ0n) is 10.2. The second kappa shape index (κ2) is 5.23. The first-order chi connectivity index (χ1) is 9.00. The van der Waals surface area contributed by atoms with Crippen LogP contribution in [0.25, 0.3) is 0 Å². The van der Waals surface area contributed by atoms with Crippen molar-refractivity contribution in [3.8, 4) is 0 Å². The van der Waals surface area contributed by atoms with Crippen molar-refractivity contribution in [3.63, 3.8) is 0 Å². The van der Waals surface area contributed by atoms with Gasteiger partial charge in [-0.25, -0.2) is 4.79 Å². The van der Waals surface area contributed by atoms with Gasteiger partial charge in [0.1, 0.15) is 6.04 Å². The molecule has 2 amide bonds. The molecule has 2 heterocycles. The van der Waals surface area contributed by atoms with Crippen LogP contribution in [-0.4, -0.2) is 44.9 Å². The van der Waals surface area contributed by atoms with Gasteiger partial charge in [-0.05, 0) is 18.1 Å². The normalized spacial score (nSPS) is 21.5. The highest BCUT2D eigenvalue weighted by Crippen LogP contribution is 2.18. The van der Waals surface area contributed by atoms with E-state index in [2.05, 4.69) is 4.98 Å². The SMILES string of the molecule is NC1CCC(=O)N(C(Cc2cc[nH]c2)C(=O)O)C1=O. The number of H-pyrrole nitrogens is 1. The van der Waals surface area contributed by atoms with Gasteiger partial charge in [0.05, 0.1) is 6.04 Å². The number of piperidine rings is 1. The number of aliphatic carboxylic acids is 1. The topological polar surface area (TPSA) is 116 Å². The molecule has 1 aromatic rings. The van der Waals surface area contributed by atoms with Crippen LogP contribution in [-0.2, 0) is 20.8 Å². The number of aromatic amines is 1. The molecule has 1 saturated heterocycles. The Labute approximate surface area is 109 Å². The summed E-state index contributed by atoms with van der Waals surface area (Å²) in [6.07, 6.45) is 3.73. The Morgan fingerprint density at radius 3 is 2.89 bits per heavy atom. The predicted octanol–water partition coefficient (Wildman–Crippen LogP) is -0.513. The van der Waals surface area contributed by atoms with Crippen LogP contribution < -0.4 is 5.73 Å². The fourth-order valence-electron chi connectivity index (χ4n) is 2.15. The lowest BCUT2D eigenvalue weighted by molar-refractivity contribution is -0.161.